The van der Waals surface area contributed by atoms with Crippen LogP contribution in [0.5, 0.6) is 0 Å². The van der Waals surface area contributed by atoms with Gasteiger partial charge in [-0.05, 0) is 32.0 Å². The Labute approximate surface area is 128 Å². The molecule has 0 bridgehead atoms. The number of rotatable bonds is 3. The predicted molar refractivity (Wildman–Crippen MR) is 77.2 cm³/mol. The molecule has 1 heterocycles. The number of carbonyl (C=O) groups is 1. The first kappa shape index (κ1) is 16.2. The molecule has 0 spiro atoms. The number of ether oxygens (including phenoxy) is 1. The van der Waals surface area contributed by atoms with Crippen molar-refractivity contribution < 1.29 is 23.1 Å². The highest BCUT2D eigenvalue weighted by molar-refractivity contribution is 7.89. The van der Waals surface area contributed by atoms with Crippen molar-refractivity contribution in [1.82, 2.24) is 4.31 Å². The average Bonchev–Trinajstić information content (AvgIpc) is 2.40. The molecule has 0 saturated carbocycles. The van der Waals surface area contributed by atoms with Crippen LogP contribution in [-0.2, 0) is 14.8 Å². The maximum atomic E-state index is 12.7. The smallest absolute Gasteiger partial charge is 0.335 e. The fourth-order valence-corrected chi connectivity index (χ4v) is 4.26. The minimum Gasteiger partial charge on any atom is -0.478 e. The Balaban J connectivity index is 2.46. The minimum atomic E-state index is -3.82. The fraction of sp³-hybridized carbons (Fsp3) is 0.462. The van der Waals surface area contributed by atoms with Gasteiger partial charge in [-0.2, -0.15) is 4.31 Å². The largest absolute Gasteiger partial charge is 0.478 e. The van der Waals surface area contributed by atoms with E-state index in [2.05, 4.69) is 0 Å². The van der Waals surface area contributed by atoms with E-state index in [0.29, 0.717) is 6.61 Å². The van der Waals surface area contributed by atoms with Crippen LogP contribution in [0.3, 0.4) is 0 Å². The van der Waals surface area contributed by atoms with Crippen molar-refractivity contribution in [2.24, 2.45) is 0 Å². The summed E-state index contributed by atoms with van der Waals surface area (Å²) in [7, 11) is -3.82. The standard InChI is InChI=1S/C13H16ClNO5S/c1-8-9(2)20-4-3-15(8)21(18,19)12-6-10(13(16)17)5-11(14)7-12/h5-9H,3-4H2,1-2H3,(H,16,17). The zero-order chi connectivity index (χ0) is 15.8. The fourth-order valence-electron chi connectivity index (χ4n) is 2.22. The van der Waals surface area contributed by atoms with Crippen LogP contribution in [0.25, 0.3) is 0 Å². The van der Waals surface area contributed by atoms with Gasteiger partial charge in [0.25, 0.3) is 0 Å². The van der Waals surface area contributed by atoms with E-state index >= 15 is 0 Å². The van der Waals surface area contributed by atoms with Crippen LogP contribution < -0.4 is 0 Å². The molecule has 116 valence electrons. The summed E-state index contributed by atoms with van der Waals surface area (Å²) in [6, 6.07) is 3.26. The number of benzene rings is 1. The first-order valence-electron chi connectivity index (χ1n) is 6.41. The highest BCUT2D eigenvalue weighted by Gasteiger charge is 2.35. The number of carboxylic acid groups (broad SMARTS) is 1. The van der Waals surface area contributed by atoms with Gasteiger partial charge in [0.1, 0.15) is 0 Å². The lowest BCUT2D eigenvalue weighted by molar-refractivity contribution is -0.0232. The zero-order valence-electron chi connectivity index (χ0n) is 11.6. The Hall–Kier alpha value is -1.15. The minimum absolute atomic E-state index is 0.0717. The summed E-state index contributed by atoms with van der Waals surface area (Å²) in [5, 5.41) is 9.09. The van der Waals surface area contributed by atoms with Crippen LogP contribution in [0.4, 0.5) is 0 Å². The van der Waals surface area contributed by atoms with E-state index in [1.807, 2.05) is 0 Å². The molecule has 2 atom stereocenters. The monoisotopic (exact) mass is 333 g/mol. The topological polar surface area (TPSA) is 83.9 Å². The normalized spacial score (nSPS) is 24.0. The van der Waals surface area contributed by atoms with Crippen LogP contribution in [0.2, 0.25) is 5.02 Å². The highest BCUT2D eigenvalue weighted by Crippen LogP contribution is 2.26. The number of carboxylic acids is 1. The first-order chi connectivity index (χ1) is 9.73. The molecule has 0 radical (unpaired) electrons. The van der Waals surface area contributed by atoms with Crippen molar-refractivity contribution in [2.75, 3.05) is 13.2 Å². The van der Waals surface area contributed by atoms with Gasteiger partial charge in [0, 0.05) is 17.6 Å². The molecule has 2 rings (SSSR count). The molecule has 1 aliphatic rings. The molecular formula is C13H16ClNO5S. The second kappa shape index (κ2) is 5.92. The van der Waals surface area contributed by atoms with E-state index in [1.165, 1.54) is 16.4 Å². The number of aromatic carboxylic acids is 1. The Kier molecular flexibility index (Phi) is 4.57. The maximum absolute atomic E-state index is 12.7. The molecule has 8 heteroatoms. The van der Waals surface area contributed by atoms with Crippen LogP contribution in [0, 0.1) is 0 Å². The van der Waals surface area contributed by atoms with Crippen molar-refractivity contribution in [2.45, 2.75) is 30.9 Å². The number of nitrogens with zero attached hydrogens (tertiary/aromatic N) is 1. The summed E-state index contributed by atoms with van der Waals surface area (Å²) in [5.74, 6) is -1.22. The van der Waals surface area contributed by atoms with E-state index in [4.69, 9.17) is 21.4 Å². The number of hydrogen-bond acceptors (Lipinski definition) is 4. The van der Waals surface area contributed by atoms with Crippen LogP contribution in [0.1, 0.15) is 24.2 Å². The van der Waals surface area contributed by atoms with Crippen molar-refractivity contribution in [3.63, 3.8) is 0 Å². The summed E-state index contributed by atoms with van der Waals surface area (Å²) in [6.45, 7) is 4.08. The molecule has 1 aliphatic heterocycles. The van der Waals surface area contributed by atoms with Crippen molar-refractivity contribution in [1.29, 1.82) is 0 Å². The van der Waals surface area contributed by atoms with Crippen molar-refractivity contribution in [3.05, 3.63) is 28.8 Å². The lowest BCUT2D eigenvalue weighted by Crippen LogP contribution is -2.51. The van der Waals surface area contributed by atoms with E-state index < -0.39 is 16.0 Å². The molecule has 21 heavy (non-hydrogen) atoms. The van der Waals surface area contributed by atoms with Gasteiger partial charge >= 0.3 is 5.97 Å². The van der Waals surface area contributed by atoms with Crippen molar-refractivity contribution >= 4 is 27.6 Å². The molecule has 0 amide bonds. The van der Waals surface area contributed by atoms with Gasteiger partial charge in [0.15, 0.2) is 0 Å². The van der Waals surface area contributed by atoms with E-state index in [-0.39, 0.29) is 34.2 Å². The molecular weight excluding hydrogens is 318 g/mol. The van der Waals surface area contributed by atoms with Gasteiger partial charge < -0.3 is 9.84 Å². The molecule has 1 aromatic rings. The Morgan fingerprint density at radius 1 is 1.38 bits per heavy atom. The number of morpholine rings is 1. The van der Waals surface area contributed by atoms with Gasteiger partial charge in [-0.1, -0.05) is 11.6 Å². The second-order valence-corrected chi connectivity index (χ2v) is 7.24. The number of hydrogen-bond donors (Lipinski definition) is 1. The second-order valence-electron chi connectivity index (χ2n) is 4.91. The highest BCUT2D eigenvalue weighted by atomic mass is 35.5. The van der Waals surface area contributed by atoms with Crippen LogP contribution in [0.15, 0.2) is 23.1 Å². The van der Waals surface area contributed by atoms with E-state index in [1.54, 1.807) is 13.8 Å². The van der Waals surface area contributed by atoms with Gasteiger partial charge in [-0.25, -0.2) is 13.2 Å². The Morgan fingerprint density at radius 2 is 2.05 bits per heavy atom. The number of halogens is 1. The molecule has 0 aromatic heterocycles. The molecule has 1 aromatic carbocycles. The third kappa shape index (κ3) is 3.21. The summed E-state index contributed by atoms with van der Waals surface area (Å²) >= 11 is 5.83. The summed E-state index contributed by atoms with van der Waals surface area (Å²) < 4.78 is 32.1. The van der Waals surface area contributed by atoms with E-state index in [9.17, 15) is 13.2 Å². The third-order valence-corrected chi connectivity index (χ3v) is 5.73. The molecule has 1 fully saturated rings. The molecule has 0 aliphatic carbocycles. The predicted octanol–water partition coefficient (Wildman–Crippen LogP) is 1.84. The Morgan fingerprint density at radius 3 is 2.67 bits per heavy atom. The Bertz CT molecular complexity index is 661. The number of sulfonamides is 1. The summed E-state index contributed by atoms with van der Waals surface area (Å²) in [5.41, 5.74) is -0.157. The summed E-state index contributed by atoms with van der Waals surface area (Å²) in [4.78, 5) is 10.9. The quantitative estimate of drug-likeness (QED) is 0.912. The SMILES string of the molecule is CC1OCCN(S(=O)(=O)c2cc(Cl)cc(C(=O)O)c2)C1C. The van der Waals surface area contributed by atoms with Crippen molar-refractivity contribution in [3.8, 4) is 0 Å². The van der Waals surface area contributed by atoms with E-state index in [0.717, 1.165) is 6.07 Å². The third-order valence-electron chi connectivity index (χ3n) is 3.55. The van der Waals surface area contributed by atoms with Gasteiger partial charge in [0.2, 0.25) is 10.0 Å². The lowest BCUT2D eigenvalue weighted by Gasteiger charge is -2.36. The molecule has 2 unspecified atom stereocenters. The van der Waals surface area contributed by atoms with Gasteiger partial charge in [-0.15, -0.1) is 0 Å². The molecule has 1 N–H and O–H groups in total. The average molecular weight is 334 g/mol. The molecule has 1 saturated heterocycles. The van der Waals surface area contributed by atoms with Gasteiger partial charge in [0.05, 0.1) is 23.2 Å². The van der Waals surface area contributed by atoms with Crippen LogP contribution in [-0.4, -0.2) is 49.1 Å². The lowest BCUT2D eigenvalue weighted by atomic mass is 10.2. The van der Waals surface area contributed by atoms with Gasteiger partial charge in [-0.3, -0.25) is 0 Å². The first-order valence-corrected chi connectivity index (χ1v) is 8.22. The van der Waals surface area contributed by atoms with Crippen LogP contribution >= 0.6 is 11.6 Å². The maximum Gasteiger partial charge on any atom is 0.335 e. The molecule has 6 nitrogen and oxygen atoms in total. The zero-order valence-corrected chi connectivity index (χ0v) is 13.2. The summed E-state index contributed by atoms with van der Waals surface area (Å²) in [6.07, 6.45) is -0.230.